The summed E-state index contributed by atoms with van der Waals surface area (Å²) in [6.45, 7) is -1.85. The van der Waals surface area contributed by atoms with E-state index in [0.717, 1.165) is 23.5 Å². The molecule has 0 saturated carbocycles. The molecule has 1 aromatic carbocycles. The van der Waals surface area contributed by atoms with Crippen LogP contribution in [0.1, 0.15) is 32.1 Å². The van der Waals surface area contributed by atoms with Crippen molar-refractivity contribution in [1.29, 1.82) is 0 Å². The molecule has 0 fully saturated rings. The number of benzene rings is 1. The van der Waals surface area contributed by atoms with Crippen LogP contribution in [0.3, 0.4) is 0 Å². The molecule has 0 saturated heterocycles. The van der Waals surface area contributed by atoms with E-state index in [0.29, 0.717) is 10.4 Å². The number of hydrogen-bond acceptors (Lipinski definition) is 6. The molecule has 0 bridgehead atoms. The summed E-state index contributed by atoms with van der Waals surface area (Å²) in [6.07, 6.45) is -10.0. The SMILES string of the molecule is O=C(CNC(=O)c1cc2c(s1)CN(C1=NOC(c3cc(Cl)cc(Cl)c3)(C(F)(F)F)C1)C2)NCC(F)(F)F. The van der Waals surface area contributed by atoms with Crippen molar-refractivity contribution < 1.29 is 40.8 Å². The maximum atomic E-state index is 14.2. The molecule has 1 atom stereocenters. The summed E-state index contributed by atoms with van der Waals surface area (Å²) in [6, 6.07) is 5.05. The Labute approximate surface area is 219 Å². The maximum absolute atomic E-state index is 14.2. The standard InChI is InChI=1S/C21H16Cl2F6N4O3S/c22-12-2-11(3-13(23)4-12)19(21(27,28)29)5-16(32-36-19)33-7-10-1-14(37-15(10)8-33)18(35)30-6-17(34)31-9-20(24,25)26/h1-4H,5-9H2,(H,30,35)(H,31,34). The van der Waals surface area contributed by atoms with Gasteiger partial charge in [-0.05, 0) is 29.8 Å². The zero-order valence-corrected chi connectivity index (χ0v) is 20.7. The van der Waals surface area contributed by atoms with E-state index in [9.17, 15) is 35.9 Å². The van der Waals surface area contributed by atoms with Gasteiger partial charge in [-0.1, -0.05) is 28.4 Å². The number of nitrogens with zero attached hydrogens (tertiary/aromatic N) is 2. The maximum Gasteiger partial charge on any atom is 0.435 e. The fraction of sp³-hybridized carbons (Fsp3) is 0.381. The van der Waals surface area contributed by atoms with Gasteiger partial charge < -0.3 is 20.4 Å². The van der Waals surface area contributed by atoms with Crippen LogP contribution >= 0.6 is 34.5 Å². The first-order valence-corrected chi connectivity index (χ1v) is 12.0. The van der Waals surface area contributed by atoms with Crippen molar-refractivity contribution in [2.75, 3.05) is 13.1 Å². The van der Waals surface area contributed by atoms with Crippen molar-refractivity contribution in [1.82, 2.24) is 15.5 Å². The number of amidine groups is 1. The van der Waals surface area contributed by atoms with Gasteiger partial charge in [0.25, 0.3) is 11.5 Å². The Morgan fingerprint density at radius 3 is 2.32 bits per heavy atom. The molecule has 0 radical (unpaired) electrons. The summed E-state index contributed by atoms with van der Waals surface area (Å²) in [4.78, 5) is 31.2. The van der Waals surface area contributed by atoms with Crippen molar-refractivity contribution in [2.24, 2.45) is 5.16 Å². The number of halogens is 8. The first kappa shape index (κ1) is 27.3. The third-order valence-corrected chi connectivity index (χ3v) is 7.17. The molecule has 2 aliphatic heterocycles. The number of thiophene rings is 1. The molecule has 1 aromatic heterocycles. The lowest BCUT2D eigenvalue weighted by Crippen LogP contribution is -2.43. The molecule has 2 N–H and O–H groups in total. The van der Waals surface area contributed by atoms with Gasteiger partial charge in [-0.15, -0.1) is 11.3 Å². The third-order valence-electron chi connectivity index (χ3n) is 5.58. The summed E-state index contributed by atoms with van der Waals surface area (Å²) < 4.78 is 79.0. The number of amides is 2. The molecule has 7 nitrogen and oxygen atoms in total. The summed E-state index contributed by atoms with van der Waals surface area (Å²) in [7, 11) is 0. The van der Waals surface area contributed by atoms with Gasteiger partial charge >= 0.3 is 12.4 Å². The number of oxime groups is 1. The van der Waals surface area contributed by atoms with Gasteiger partial charge in [-0.25, -0.2) is 0 Å². The second-order valence-electron chi connectivity index (χ2n) is 8.25. The molecule has 37 heavy (non-hydrogen) atoms. The van der Waals surface area contributed by atoms with E-state index in [4.69, 9.17) is 28.0 Å². The molecule has 2 amide bonds. The van der Waals surface area contributed by atoms with Crippen LogP contribution in [0.15, 0.2) is 29.4 Å². The minimum atomic E-state index is -4.84. The fourth-order valence-corrected chi connectivity index (χ4v) is 5.45. The number of nitrogens with one attached hydrogen (secondary N) is 2. The van der Waals surface area contributed by atoms with E-state index in [1.807, 2.05) is 0 Å². The summed E-state index contributed by atoms with van der Waals surface area (Å²) in [5.74, 6) is -1.62. The molecule has 3 heterocycles. The highest BCUT2D eigenvalue weighted by molar-refractivity contribution is 7.14. The zero-order valence-electron chi connectivity index (χ0n) is 18.4. The molecule has 16 heteroatoms. The van der Waals surface area contributed by atoms with Crippen molar-refractivity contribution in [2.45, 2.75) is 37.5 Å². The second kappa shape index (κ2) is 9.87. The molecule has 4 rings (SSSR count). The molecular weight excluding hydrogens is 573 g/mol. The van der Waals surface area contributed by atoms with Crippen LogP contribution in [-0.4, -0.2) is 48.0 Å². The van der Waals surface area contributed by atoms with Crippen molar-refractivity contribution in [3.63, 3.8) is 0 Å². The summed E-state index contributed by atoms with van der Waals surface area (Å²) >= 11 is 12.9. The largest absolute Gasteiger partial charge is 0.435 e. The fourth-order valence-electron chi connectivity index (χ4n) is 3.82. The molecule has 0 spiro atoms. The van der Waals surface area contributed by atoms with E-state index in [1.54, 1.807) is 10.2 Å². The summed E-state index contributed by atoms with van der Waals surface area (Å²) in [5, 5.41) is 7.60. The van der Waals surface area contributed by atoms with Crippen molar-refractivity contribution in [3.05, 3.63) is 55.2 Å². The summed E-state index contributed by atoms with van der Waals surface area (Å²) in [5.41, 5.74) is -2.40. The number of rotatable bonds is 5. The van der Waals surface area contributed by atoms with Crippen LogP contribution < -0.4 is 10.6 Å². The molecule has 2 aromatic rings. The van der Waals surface area contributed by atoms with Crippen LogP contribution in [0.4, 0.5) is 26.3 Å². The van der Waals surface area contributed by atoms with E-state index < -0.39 is 49.3 Å². The number of hydrogen-bond donors (Lipinski definition) is 2. The average molecular weight is 589 g/mol. The lowest BCUT2D eigenvalue weighted by atomic mass is 9.89. The van der Waals surface area contributed by atoms with Crippen LogP contribution in [-0.2, 0) is 28.3 Å². The third kappa shape index (κ3) is 5.91. The highest BCUT2D eigenvalue weighted by Gasteiger charge is 2.63. The van der Waals surface area contributed by atoms with E-state index in [-0.39, 0.29) is 39.4 Å². The molecule has 2 aliphatic rings. The Bertz CT molecular complexity index is 1220. The minimum absolute atomic E-state index is 0.00941. The van der Waals surface area contributed by atoms with Gasteiger partial charge in [0.15, 0.2) is 0 Å². The van der Waals surface area contributed by atoms with Crippen LogP contribution in [0.2, 0.25) is 10.0 Å². The molecule has 200 valence electrons. The monoisotopic (exact) mass is 588 g/mol. The Morgan fingerprint density at radius 1 is 1.05 bits per heavy atom. The van der Waals surface area contributed by atoms with Gasteiger partial charge in [-0.3, -0.25) is 9.59 Å². The Kier molecular flexibility index (Phi) is 7.29. The highest BCUT2D eigenvalue weighted by atomic mass is 35.5. The Morgan fingerprint density at radius 2 is 1.73 bits per heavy atom. The van der Waals surface area contributed by atoms with Gasteiger partial charge in [0, 0.05) is 27.0 Å². The lowest BCUT2D eigenvalue weighted by Gasteiger charge is -2.30. The smallest absolute Gasteiger partial charge is 0.372 e. The second-order valence-corrected chi connectivity index (χ2v) is 10.3. The predicted octanol–water partition coefficient (Wildman–Crippen LogP) is 4.97. The van der Waals surface area contributed by atoms with E-state index >= 15 is 0 Å². The van der Waals surface area contributed by atoms with Gasteiger partial charge in [0.1, 0.15) is 12.4 Å². The number of fused-ring (bicyclic) bond motifs is 1. The Hall–Kier alpha value is -2.71. The zero-order chi connectivity index (χ0) is 27.2. The number of alkyl halides is 6. The molecule has 1 unspecified atom stereocenters. The average Bonchev–Trinajstić information content (AvgIpc) is 3.47. The van der Waals surface area contributed by atoms with Gasteiger partial charge in [-0.2, -0.15) is 26.3 Å². The van der Waals surface area contributed by atoms with E-state index in [2.05, 4.69) is 10.5 Å². The van der Waals surface area contributed by atoms with Crippen LogP contribution in [0.25, 0.3) is 0 Å². The quantitative estimate of drug-likeness (QED) is 0.483. The highest BCUT2D eigenvalue weighted by Crippen LogP contribution is 2.50. The minimum Gasteiger partial charge on any atom is -0.372 e. The van der Waals surface area contributed by atoms with Gasteiger partial charge in [0.2, 0.25) is 5.91 Å². The first-order chi connectivity index (χ1) is 17.2. The Balaban J connectivity index is 1.39. The van der Waals surface area contributed by atoms with Crippen molar-refractivity contribution >= 4 is 52.2 Å². The predicted molar refractivity (Wildman–Crippen MR) is 122 cm³/mol. The number of carbonyl (C=O) groups is 2. The van der Waals surface area contributed by atoms with Crippen LogP contribution in [0, 0.1) is 0 Å². The molecular formula is C21H16Cl2F6N4O3S. The topological polar surface area (TPSA) is 83.0 Å². The number of carbonyl (C=O) groups excluding carboxylic acids is 2. The lowest BCUT2D eigenvalue weighted by molar-refractivity contribution is -0.275. The molecule has 0 aliphatic carbocycles. The normalized spacial score (nSPS) is 19.4. The van der Waals surface area contributed by atoms with Gasteiger partial charge in [0.05, 0.1) is 24.4 Å². The van der Waals surface area contributed by atoms with E-state index in [1.165, 1.54) is 12.1 Å². The van der Waals surface area contributed by atoms with Crippen molar-refractivity contribution in [3.8, 4) is 0 Å². The first-order valence-electron chi connectivity index (χ1n) is 10.4. The van der Waals surface area contributed by atoms with Crippen LogP contribution in [0.5, 0.6) is 0 Å².